The predicted molar refractivity (Wildman–Crippen MR) is 64.3 cm³/mol. The summed E-state index contributed by atoms with van der Waals surface area (Å²) in [5.74, 6) is -1.31. The highest BCUT2D eigenvalue weighted by Gasteiger charge is 2.31. The van der Waals surface area contributed by atoms with E-state index in [0.717, 1.165) is 30.2 Å². The van der Waals surface area contributed by atoms with Gasteiger partial charge in [-0.05, 0) is 32.9 Å². The Morgan fingerprint density at radius 3 is 2.41 bits per heavy atom. The Balaban J connectivity index is 2.50. The number of aliphatic carboxylic acids is 1. The molecule has 1 aliphatic heterocycles. The van der Waals surface area contributed by atoms with Crippen LogP contribution in [0.2, 0.25) is 0 Å². The summed E-state index contributed by atoms with van der Waals surface area (Å²) in [7, 11) is -2.29. The second-order valence-corrected chi connectivity index (χ2v) is 6.76. The highest BCUT2D eigenvalue weighted by Crippen LogP contribution is 2.10. The van der Waals surface area contributed by atoms with Crippen molar-refractivity contribution in [2.24, 2.45) is 0 Å². The number of sulfonamides is 1. The van der Waals surface area contributed by atoms with Gasteiger partial charge in [-0.3, -0.25) is 4.79 Å². The summed E-state index contributed by atoms with van der Waals surface area (Å²) < 4.78 is 24.7. The van der Waals surface area contributed by atoms with Crippen molar-refractivity contribution in [3.63, 3.8) is 0 Å². The van der Waals surface area contributed by atoms with Crippen LogP contribution in [0.3, 0.4) is 0 Å². The van der Waals surface area contributed by atoms with E-state index in [1.165, 1.54) is 14.0 Å². The summed E-state index contributed by atoms with van der Waals surface area (Å²) in [6, 6.07) is 0. The first kappa shape index (κ1) is 14.4. The lowest BCUT2D eigenvalue weighted by Gasteiger charge is -2.22. The van der Waals surface area contributed by atoms with E-state index in [1.807, 2.05) is 0 Å². The Labute approximate surface area is 102 Å². The number of carbonyl (C=O) groups is 1. The van der Waals surface area contributed by atoms with Gasteiger partial charge in [0.25, 0.3) is 0 Å². The maximum atomic E-state index is 11.8. The summed E-state index contributed by atoms with van der Waals surface area (Å²) in [5.41, 5.74) is 0. The van der Waals surface area contributed by atoms with E-state index in [1.54, 1.807) is 0 Å². The monoisotopic (exact) mass is 264 g/mol. The minimum Gasteiger partial charge on any atom is -0.480 e. The molecule has 7 heteroatoms. The minimum absolute atomic E-state index is 0.347. The molecule has 1 rings (SSSR count). The minimum atomic E-state index is -3.72. The van der Waals surface area contributed by atoms with Gasteiger partial charge >= 0.3 is 5.97 Å². The molecule has 0 bridgehead atoms. The number of nitrogens with zero attached hydrogens (tertiary/aromatic N) is 2. The first-order valence-corrected chi connectivity index (χ1v) is 7.26. The Bertz CT molecular complexity index is 363. The van der Waals surface area contributed by atoms with Gasteiger partial charge in [-0.25, -0.2) is 12.7 Å². The number of hydrogen-bond acceptors (Lipinski definition) is 4. The van der Waals surface area contributed by atoms with E-state index in [-0.39, 0.29) is 0 Å². The Hall–Kier alpha value is -0.660. The molecule has 1 heterocycles. The zero-order valence-corrected chi connectivity index (χ0v) is 11.1. The zero-order valence-electron chi connectivity index (χ0n) is 10.3. The first-order chi connectivity index (χ1) is 7.85. The van der Waals surface area contributed by atoms with Crippen LogP contribution >= 0.6 is 0 Å². The molecule has 0 aromatic heterocycles. The molecule has 1 atom stereocenters. The van der Waals surface area contributed by atoms with Crippen molar-refractivity contribution in [3.05, 3.63) is 0 Å². The molecule has 100 valence electrons. The van der Waals surface area contributed by atoms with Crippen LogP contribution in [0, 0.1) is 0 Å². The molecule has 1 unspecified atom stereocenters. The number of likely N-dealkylation sites (N-methyl/N-ethyl adjacent to an activating group) is 1. The molecule has 0 aromatic rings. The summed E-state index contributed by atoms with van der Waals surface area (Å²) in [6.45, 7) is 4.22. The smallest absolute Gasteiger partial charge is 0.323 e. The van der Waals surface area contributed by atoms with Gasteiger partial charge in [0.2, 0.25) is 10.0 Å². The van der Waals surface area contributed by atoms with E-state index in [9.17, 15) is 13.2 Å². The van der Waals surface area contributed by atoms with E-state index in [0.29, 0.717) is 13.1 Å². The summed E-state index contributed by atoms with van der Waals surface area (Å²) in [4.78, 5) is 12.9. The van der Waals surface area contributed by atoms with Crippen molar-refractivity contribution in [2.45, 2.75) is 25.0 Å². The van der Waals surface area contributed by atoms with Crippen LogP contribution in [-0.4, -0.2) is 67.2 Å². The lowest BCUT2D eigenvalue weighted by molar-refractivity contribution is -0.136. The second kappa shape index (κ2) is 5.79. The Kier molecular flexibility index (Phi) is 4.91. The Morgan fingerprint density at radius 1 is 1.41 bits per heavy atom. The van der Waals surface area contributed by atoms with Crippen LogP contribution < -0.4 is 0 Å². The molecule has 1 saturated heterocycles. The number of carboxylic acids is 1. The number of likely N-dealkylation sites (tertiary alicyclic amines) is 1. The third-order valence-corrected chi connectivity index (χ3v) is 5.31. The predicted octanol–water partition coefficient (Wildman–Crippen LogP) is -0.183. The highest BCUT2D eigenvalue weighted by atomic mass is 32.2. The molecular weight excluding hydrogens is 244 g/mol. The van der Waals surface area contributed by atoms with Gasteiger partial charge in [0, 0.05) is 20.1 Å². The number of carboxylic acid groups (broad SMARTS) is 1. The fourth-order valence-corrected chi connectivity index (χ4v) is 2.94. The molecule has 0 spiro atoms. The van der Waals surface area contributed by atoms with E-state index < -0.39 is 21.2 Å². The highest BCUT2D eigenvalue weighted by molar-refractivity contribution is 7.90. The van der Waals surface area contributed by atoms with E-state index in [2.05, 4.69) is 4.90 Å². The molecule has 0 radical (unpaired) electrons. The standard InChI is InChI=1S/C10H20N2O4S/c1-9(10(13)14)17(15,16)11(2)7-8-12-5-3-4-6-12/h9H,3-8H2,1-2H3,(H,13,14). The third-order valence-electron chi connectivity index (χ3n) is 3.16. The molecule has 1 aliphatic rings. The van der Waals surface area contributed by atoms with Crippen LogP contribution in [0.4, 0.5) is 0 Å². The van der Waals surface area contributed by atoms with Crippen molar-refractivity contribution in [2.75, 3.05) is 33.2 Å². The number of rotatable bonds is 6. The van der Waals surface area contributed by atoms with Gasteiger partial charge in [-0.1, -0.05) is 0 Å². The molecule has 0 aliphatic carbocycles. The molecule has 1 fully saturated rings. The SMILES string of the molecule is CC(C(=O)O)S(=O)(=O)N(C)CCN1CCCC1. The Morgan fingerprint density at radius 2 is 1.94 bits per heavy atom. The largest absolute Gasteiger partial charge is 0.480 e. The molecular formula is C10H20N2O4S. The van der Waals surface area contributed by atoms with Gasteiger partial charge in [0.1, 0.15) is 0 Å². The summed E-state index contributed by atoms with van der Waals surface area (Å²) in [5, 5.41) is 7.35. The van der Waals surface area contributed by atoms with Crippen molar-refractivity contribution in [1.82, 2.24) is 9.21 Å². The van der Waals surface area contributed by atoms with Gasteiger partial charge in [0.15, 0.2) is 5.25 Å². The average Bonchev–Trinajstić information content (AvgIpc) is 2.77. The van der Waals surface area contributed by atoms with Crippen molar-refractivity contribution in [1.29, 1.82) is 0 Å². The maximum Gasteiger partial charge on any atom is 0.323 e. The van der Waals surface area contributed by atoms with Gasteiger partial charge in [0.05, 0.1) is 0 Å². The summed E-state index contributed by atoms with van der Waals surface area (Å²) >= 11 is 0. The number of hydrogen-bond donors (Lipinski definition) is 1. The van der Waals surface area contributed by atoms with Gasteiger partial charge < -0.3 is 10.0 Å². The van der Waals surface area contributed by atoms with Crippen LogP contribution in [0.1, 0.15) is 19.8 Å². The topological polar surface area (TPSA) is 77.9 Å². The molecule has 0 saturated carbocycles. The zero-order chi connectivity index (χ0) is 13.1. The van der Waals surface area contributed by atoms with Crippen molar-refractivity contribution < 1.29 is 18.3 Å². The fraction of sp³-hybridized carbons (Fsp3) is 0.900. The fourth-order valence-electron chi connectivity index (χ4n) is 1.81. The van der Waals surface area contributed by atoms with Crippen molar-refractivity contribution >= 4 is 16.0 Å². The van der Waals surface area contributed by atoms with E-state index >= 15 is 0 Å². The molecule has 6 nitrogen and oxygen atoms in total. The van der Waals surface area contributed by atoms with Gasteiger partial charge in [-0.15, -0.1) is 0 Å². The lowest BCUT2D eigenvalue weighted by atomic mass is 10.4. The van der Waals surface area contributed by atoms with Gasteiger partial charge in [-0.2, -0.15) is 0 Å². The van der Waals surface area contributed by atoms with E-state index in [4.69, 9.17) is 5.11 Å². The second-order valence-electron chi connectivity index (χ2n) is 4.40. The van der Waals surface area contributed by atoms with Crippen LogP contribution in [0.5, 0.6) is 0 Å². The van der Waals surface area contributed by atoms with Crippen LogP contribution in [0.25, 0.3) is 0 Å². The normalized spacial score (nSPS) is 19.7. The third kappa shape index (κ3) is 3.65. The molecule has 0 aromatic carbocycles. The first-order valence-electron chi connectivity index (χ1n) is 5.76. The lowest BCUT2D eigenvalue weighted by Crippen LogP contribution is -2.42. The average molecular weight is 264 g/mol. The maximum absolute atomic E-state index is 11.8. The molecule has 17 heavy (non-hydrogen) atoms. The quantitative estimate of drug-likeness (QED) is 0.720. The molecule has 1 N–H and O–H groups in total. The van der Waals surface area contributed by atoms with Crippen molar-refractivity contribution in [3.8, 4) is 0 Å². The van der Waals surface area contributed by atoms with Crippen LogP contribution in [-0.2, 0) is 14.8 Å². The molecule has 0 amide bonds. The van der Waals surface area contributed by atoms with Crippen LogP contribution in [0.15, 0.2) is 0 Å². The summed E-state index contributed by atoms with van der Waals surface area (Å²) in [6.07, 6.45) is 2.31.